The van der Waals surface area contributed by atoms with Crippen molar-refractivity contribution in [3.05, 3.63) is 35.5 Å². The van der Waals surface area contributed by atoms with Gasteiger partial charge in [-0.05, 0) is 37.4 Å². The summed E-state index contributed by atoms with van der Waals surface area (Å²) in [6.07, 6.45) is 2.17. The van der Waals surface area contributed by atoms with Gasteiger partial charge in [0.15, 0.2) is 0 Å². The second-order valence-electron chi connectivity index (χ2n) is 6.77. The molecule has 1 aromatic carbocycles. The van der Waals surface area contributed by atoms with Crippen LogP contribution in [0.2, 0.25) is 0 Å². The number of carbonyl (C=O) groups is 1. The molecule has 0 radical (unpaired) electrons. The van der Waals surface area contributed by atoms with Crippen LogP contribution in [0, 0.1) is 12.8 Å². The quantitative estimate of drug-likeness (QED) is 0.793. The van der Waals surface area contributed by atoms with Gasteiger partial charge in [0.05, 0.1) is 20.8 Å². The van der Waals surface area contributed by atoms with E-state index in [1.165, 1.54) is 0 Å². The van der Waals surface area contributed by atoms with E-state index in [0.717, 1.165) is 25.9 Å². The van der Waals surface area contributed by atoms with E-state index < -0.39 is 0 Å². The van der Waals surface area contributed by atoms with Gasteiger partial charge >= 0.3 is 0 Å². The Morgan fingerprint density at radius 1 is 1.26 bits per heavy atom. The first-order valence-corrected chi connectivity index (χ1v) is 9.10. The molecule has 1 amide bonds. The van der Waals surface area contributed by atoms with E-state index in [0.29, 0.717) is 47.9 Å². The Balaban J connectivity index is 1.53. The molecule has 1 aromatic heterocycles. The molecular formula is C19H26N4O4. The van der Waals surface area contributed by atoms with Crippen LogP contribution in [0.15, 0.2) is 22.6 Å². The molecule has 0 bridgehead atoms. The Morgan fingerprint density at radius 2 is 2.00 bits per heavy atom. The van der Waals surface area contributed by atoms with Gasteiger partial charge in [-0.2, -0.15) is 0 Å². The van der Waals surface area contributed by atoms with Crippen LogP contribution in [0.5, 0.6) is 11.5 Å². The van der Waals surface area contributed by atoms with Crippen LogP contribution in [0.4, 0.5) is 0 Å². The summed E-state index contributed by atoms with van der Waals surface area (Å²) in [5.41, 5.74) is 0.528. The van der Waals surface area contributed by atoms with Crippen LogP contribution < -0.4 is 14.8 Å². The van der Waals surface area contributed by atoms with Crippen molar-refractivity contribution in [2.45, 2.75) is 26.3 Å². The van der Waals surface area contributed by atoms with Crippen molar-refractivity contribution in [3.8, 4) is 11.5 Å². The molecule has 1 N–H and O–H groups in total. The van der Waals surface area contributed by atoms with Crippen LogP contribution >= 0.6 is 0 Å². The zero-order chi connectivity index (χ0) is 19.2. The van der Waals surface area contributed by atoms with Gasteiger partial charge in [-0.15, -0.1) is 10.2 Å². The minimum Gasteiger partial charge on any atom is -0.497 e. The number of piperidine rings is 1. The summed E-state index contributed by atoms with van der Waals surface area (Å²) in [6, 6.07) is 5.17. The van der Waals surface area contributed by atoms with Gasteiger partial charge in [0.25, 0.3) is 5.91 Å². The summed E-state index contributed by atoms with van der Waals surface area (Å²) in [5.74, 6) is 2.67. The van der Waals surface area contributed by atoms with Crippen LogP contribution in [0.3, 0.4) is 0 Å². The van der Waals surface area contributed by atoms with E-state index >= 15 is 0 Å². The Hall–Kier alpha value is -2.61. The highest BCUT2D eigenvalue weighted by molar-refractivity contribution is 5.95. The van der Waals surface area contributed by atoms with Gasteiger partial charge < -0.3 is 19.2 Å². The van der Waals surface area contributed by atoms with Crippen molar-refractivity contribution in [2.75, 3.05) is 33.9 Å². The van der Waals surface area contributed by atoms with Gasteiger partial charge in [0.2, 0.25) is 11.8 Å². The van der Waals surface area contributed by atoms with Crippen LogP contribution in [-0.4, -0.2) is 54.9 Å². The molecule has 0 spiro atoms. The number of amides is 1. The van der Waals surface area contributed by atoms with Crippen molar-refractivity contribution in [2.24, 2.45) is 5.92 Å². The lowest BCUT2D eigenvalue weighted by Gasteiger charge is -2.31. The molecule has 27 heavy (non-hydrogen) atoms. The van der Waals surface area contributed by atoms with Gasteiger partial charge in [-0.1, -0.05) is 0 Å². The van der Waals surface area contributed by atoms with Crippen molar-refractivity contribution in [1.82, 2.24) is 20.4 Å². The molecular weight excluding hydrogens is 348 g/mol. The standard InChI is InChI=1S/C19H26N4O4/c1-13-21-22-18(27-13)12-23-6-4-5-14(11-23)10-20-19(24)15-7-16(25-2)9-17(8-15)26-3/h7-9,14H,4-6,10-12H2,1-3H3,(H,20,24)/t14-/m1/s1. The normalized spacial score (nSPS) is 17.5. The zero-order valence-corrected chi connectivity index (χ0v) is 16.0. The Labute approximate surface area is 158 Å². The zero-order valence-electron chi connectivity index (χ0n) is 16.0. The number of aryl methyl sites for hydroxylation is 1. The smallest absolute Gasteiger partial charge is 0.251 e. The third kappa shape index (κ3) is 5.19. The first-order chi connectivity index (χ1) is 13.1. The van der Waals surface area contributed by atoms with E-state index in [1.807, 2.05) is 0 Å². The molecule has 2 aromatic rings. The number of methoxy groups -OCH3 is 2. The maximum absolute atomic E-state index is 12.5. The first-order valence-electron chi connectivity index (χ1n) is 9.10. The molecule has 2 heterocycles. The molecule has 1 atom stereocenters. The highest BCUT2D eigenvalue weighted by Crippen LogP contribution is 2.23. The Bertz CT molecular complexity index is 755. The molecule has 1 saturated heterocycles. The summed E-state index contributed by atoms with van der Waals surface area (Å²) in [4.78, 5) is 14.8. The second-order valence-corrected chi connectivity index (χ2v) is 6.77. The van der Waals surface area contributed by atoms with Crippen molar-refractivity contribution < 1.29 is 18.7 Å². The predicted molar refractivity (Wildman–Crippen MR) is 98.9 cm³/mol. The van der Waals surface area contributed by atoms with Gasteiger partial charge in [0, 0.05) is 31.6 Å². The average molecular weight is 374 g/mol. The topological polar surface area (TPSA) is 89.7 Å². The lowest BCUT2D eigenvalue weighted by Crippen LogP contribution is -2.40. The molecule has 0 saturated carbocycles. The van der Waals surface area contributed by atoms with Crippen LogP contribution in [-0.2, 0) is 6.54 Å². The third-order valence-corrected chi connectivity index (χ3v) is 4.69. The molecule has 0 aliphatic carbocycles. The van der Waals surface area contributed by atoms with E-state index in [1.54, 1.807) is 39.3 Å². The number of rotatable bonds is 7. The lowest BCUT2D eigenvalue weighted by molar-refractivity contribution is 0.0926. The number of carbonyl (C=O) groups excluding carboxylic acids is 1. The lowest BCUT2D eigenvalue weighted by atomic mass is 9.98. The number of benzene rings is 1. The minimum absolute atomic E-state index is 0.128. The van der Waals surface area contributed by atoms with Gasteiger partial charge in [-0.3, -0.25) is 9.69 Å². The summed E-state index contributed by atoms with van der Waals surface area (Å²) in [5, 5.41) is 11.0. The number of ether oxygens (including phenoxy) is 2. The molecule has 0 unspecified atom stereocenters. The molecule has 1 aliphatic heterocycles. The highest BCUT2D eigenvalue weighted by atomic mass is 16.5. The summed E-state index contributed by atoms with van der Waals surface area (Å²) in [7, 11) is 3.13. The van der Waals surface area contributed by atoms with Crippen molar-refractivity contribution in [1.29, 1.82) is 0 Å². The average Bonchev–Trinajstić information content (AvgIpc) is 3.10. The molecule has 8 heteroatoms. The second kappa shape index (κ2) is 8.85. The number of hydrogen-bond donors (Lipinski definition) is 1. The largest absolute Gasteiger partial charge is 0.497 e. The van der Waals surface area contributed by atoms with Crippen LogP contribution in [0.1, 0.15) is 35.0 Å². The number of likely N-dealkylation sites (tertiary alicyclic amines) is 1. The fraction of sp³-hybridized carbons (Fsp3) is 0.526. The Morgan fingerprint density at radius 3 is 2.63 bits per heavy atom. The third-order valence-electron chi connectivity index (χ3n) is 4.69. The van der Waals surface area contributed by atoms with Crippen molar-refractivity contribution in [3.63, 3.8) is 0 Å². The monoisotopic (exact) mass is 374 g/mol. The molecule has 1 aliphatic rings. The summed E-state index contributed by atoms with van der Waals surface area (Å²) in [6.45, 7) is 4.96. The minimum atomic E-state index is -0.128. The van der Waals surface area contributed by atoms with Crippen molar-refractivity contribution >= 4 is 5.91 Å². The van der Waals surface area contributed by atoms with Gasteiger partial charge in [-0.25, -0.2) is 0 Å². The number of nitrogens with zero attached hydrogens (tertiary/aromatic N) is 3. The van der Waals surface area contributed by atoms with Gasteiger partial charge in [0.1, 0.15) is 11.5 Å². The molecule has 8 nitrogen and oxygen atoms in total. The fourth-order valence-electron chi connectivity index (χ4n) is 3.33. The maximum atomic E-state index is 12.5. The van der Waals surface area contributed by atoms with E-state index in [-0.39, 0.29) is 5.91 Å². The predicted octanol–water partition coefficient (Wildman–Crippen LogP) is 2.04. The number of aromatic nitrogens is 2. The summed E-state index contributed by atoms with van der Waals surface area (Å²) >= 11 is 0. The number of nitrogens with one attached hydrogen (secondary N) is 1. The molecule has 146 valence electrons. The summed E-state index contributed by atoms with van der Waals surface area (Å²) < 4.78 is 15.9. The molecule has 1 fully saturated rings. The molecule has 3 rings (SSSR count). The van der Waals surface area contributed by atoms with E-state index in [9.17, 15) is 4.79 Å². The highest BCUT2D eigenvalue weighted by Gasteiger charge is 2.22. The van der Waals surface area contributed by atoms with Crippen LogP contribution in [0.25, 0.3) is 0 Å². The first kappa shape index (κ1) is 19.2. The van der Waals surface area contributed by atoms with E-state index in [2.05, 4.69) is 20.4 Å². The van der Waals surface area contributed by atoms with E-state index in [4.69, 9.17) is 13.9 Å². The fourth-order valence-corrected chi connectivity index (χ4v) is 3.33. The Kier molecular flexibility index (Phi) is 6.28. The SMILES string of the molecule is COc1cc(OC)cc(C(=O)NC[C@H]2CCCN(Cc3nnc(C)o3)C2)c1. The maximum Gasteiger partial charge on any atom is 0.251 e. The number of hydrogen-bond acceptors (Lipinski definition) is 7.